The van der Waals surface area contributed by atoms with Crippen LogP contribution >= 0.6 is 0 Å². The lowest BCUT2D eigenvalue weighted by molar-refractivity contribution is -0.121. The normalized spacial score (nSPS) is 12.4. The van der Waals surface area contributed by atoms with E-state index in [2.05, 4.69) is 225 Å². The van der Waals surface area contributed by atoms with Gasteiger partial charge in [0.2, 0.25) is 0 Å². The van der Waals surface area contributed by atoms with Gasteiger partial charge in [0.25, 0.3) is 5.91 Å². The van der Waals surface area contributed by atoms with Gasteiger partial charge in [-0.25, -0.2) is 14.2 Å². The molecule has 12 rings (SSSR count). The van der Waals surface area contributed by atoms with Crippen LogP contribution in [0.4, 0.5) is 15.8 Å². The van der Waals surface area contributed by atoms with E-state index in [-0.39, 0.29) is 56.0 Å². The summed E-state index contributed by atoms with van der Waals surface area (Å²) in [6, 6.07) is 63.4. The fourth-order valence-corrected chi connectivity index (χ4v) is 14.5. The van der Waals surface area contributed by atoms with Crippen molar-refractivity contribution in [2.45, 2.75) is 213 Å². The number of hydrogen-bond acceptors (Lipinski definition) is 17. The van der Waals surface area contributed by atoms with Crippen LogP contribution in [-0.2, 0) is 63.8 Å². The molecule has 3 aliphatic rings. The van der Waals surface area contributed by atoms with Crippen LogP contribution in [0.3, 0.4) is 0 Å². The molecular formula is C119H169FN8O13+2. The van der Waals surface area contributed by atoms with Crippen molar-refractivity contribution in [1.82, 2.24) is 39.0 Å². The number of nitrogens with one attached hydrogen (secondary N) is 1. The minimum atomic E-state index is -0.521. The molecule has 8 aromatic carbocycles. The van der Waals surface area contributed by atoms with Crippen LogP contribution in [0.15, 0.2) is 213 Å². The lowest BCUT2D eigenvalue weighted by atomic mass is 9.82. The molecule has 1 aliphatic carbocycles. The molecule has 0 bridgehead atoms. The zero-order valence-electron chi connectivity index (χ0n) is 87.0. The molecule has 3 heterocycles. The third kappa shape index (κ3) is 48.1. The number of hydrazine groups is 2. The van der Waals surface area contributed by atoms with Crippen LogP contribution in [0.5, 0.6) is 11.5 Å². The third-order valence-electron chi connectivity index (χ3n) is 21.9. The fourth-order valence-electron chi connectivity index (χ4n) is 14.5. The Morgan fingerprint density at radius 3 is 1.60 bits per heavy atom. The highest BCUT2D eigenvalue weighted by molar-refractivity contribution is 5.99. The van der Waals surface area contributed by atoms with E-state index in [9.17, 15) is 28.4 Å². The lowest BCUT2D eigenvalue weighted by Crippen LogP contribution is -2.39. The van der Waals surface area contributed by atoms with Crippen molar-refractivity contribution in [1.29, 1.82) is 0 Å². The van der Waals surface area contributed by atoms with Crippen molar-refractivity contribution in [3.05, 3.63) is 286 Å². The molecule has 0 fully saturated rings. The number of esters is 1. The molecule has 0 radical (unpaired) electrons. The molecule has 2 aliphatic heterocycles. The molecule has 22 heteroatoms. The number of nitrogens with zero attached hydrogens (tertiary/aromatic N) is 7. The highest BCUT2D eigenvalue weighted by atomic mass is 19.1. The van der Waals surface area contributed by atoms with Crippen molar-refractivity contribution in [2.75, 3.05) is 142 Å². The zero-order chi connectivity index (χ0) is 102. The first-order chi connectivity index (χ1) is 66.8. The maximum Gasteiger partial charge on any atom is 0.358 e. The van der Waals surface area contributed by atoms with E-state index >= 15 is 0 Å². The number of carbonyl (C=O) groups is 5. The number of fused-ring (bicyclic) bond motifs is 5. The number of unbranched alkanes of at least 4 members (excludes halogenated alkanes) is 4. The molecule has 141 heavy (non-hydrogen) atoms. The number of imidazole rings is 1. The number of terminal acetylenes is 1. The molecule has 0 saturated heterocycles. The van der Waals surface area contributed by atoms with Crippen LogP contribution in [0.2, 0.25) is 0 Å². The molecule has 21 nitrogen and oxygen atoms in total. The predicted octanol–water partition coefficient (Wildman–Crippen LogP) is 24.9. The molecule has 1 atom stereocenters. The second-order valence-electron chi connectivity index (χ2n) is 36.9. The number of rotatable bonds is 45. The Bertz CT molecular complexity index is 5170. The van der Waals surface area contributed by atoms with Crippen molar-refractivity contribution in [2.24, 2.45) is 11.8 Å². The second kappa shape index (κ2) is 70.1. The van der Waals surface area contributed by atoms with Crippen LogP contribution in [0.1, 0.15) is 268 Å². The molecule has 768 valence electrons. The lowest BCUT2D eigenvalue weighted by Gasteiger charge is -2.23. The van der Waals surface area contributed by atoms with Gasteiger partial charge in [-0.2, -0.15) is 0 Å². The Kier molecular flexibility index (Phi) is 61.4. The van der Waals surface area contributed by atoms with E-state index in [1.54, 1.807) is 18.5 Å². The van der Waals surface area contributed by atoms with E-state index in [4.69, 9.17) is 44.3 Å². The van der Waals surface area contributed by atoms with Gasteiger partial charge in [0.05, 0.1) is 124 Å². The molecule has 1 amide bonds. The summed E-state index contributed by atoms with van der Waals surface area (Å²) in [6.07, 6.45) is 26.4. The summed E-state index contributed by atoms with van der Waals surface area (Å²) in [5.41, 5.74) is 18.3. The topological polar surface area (TPSA) is 199 Å². The number of hydrogen-bond donors (Lipinski definition) is 1. The molecule has 9 aromatic rings. The van der Waals surface area contributed by atoms with Crippen LogP contribution in [0.25, 0.3) is 17.5 Å². The molecule has 0 saturated carbocycles. The first kappa shape index (κ1) is 123. The van der Waals surface area contributed by atoms with Gasteiger partial charge in [0, 0.05) is 87.6 Å². The summed E-state index contributed by atoms with van der Waals surface area (Å²) >= 11 is 0. The summed E-state index contributed by atoms with van der Waals surface area (Å²) in [4.78, 5) is 66.5. The van der Waals surface area contributed by atoms with Gasteiger partial charge in [-0.3, -0.25) is 42.7 Å². The van der Waals surface area contributed by atoms with Gasteiger partial charge < -0.3 is 42.8 Å². The van der Waals surface area contributed by atoms with Crippen LogP contribution in [-0.4, -0.2) is 196 Å². The number of quaternary nitrogens is 2. The van der Waals surface area contributed by atoms with Gasteiger partial charge in [-0.05, 0) is 214 Å². The Morgan fingerprint density at radius 1 is 0.567 bits per heavy atom. The molecule has 0 spiro atoms. The largest absolute Gasteiger partial charge is 0.494 e. The summed E-state index contributed by atoms with van der Waals surface area (Å²) in [7, 11) is 16.4. The predicted molar refractivity (Wildman–Crippen MR) is 580 cm³/mol. The number of halogens is 1. The first-order valence-electron chi connectivity index (χ1n) is 49.6. The number of aromatic nitrogens is 2. The molecule has 1 N–H and O–H groups in total. The number of ketones is 3. The standard InChI is InChI=1S/C28H32O2.C20H25N3O.C16H16FN3O3.C13H20O.C11H16NO.C11H16N.C10H18O3.C8H18O2.2CH4/c1-2-3-4-5-6-15-25(29)16-11-18-28(30)27-21-24-14-8-7-12-22(24)19-20-23-13-9-10-17-26(23)27;1-16(2)13-17-9-11-19(12-10-17)24-15-23-14-20(22(3)21-23)18-7-5-4-6-8-18;1-3-6-23-16(22)14-13-8-19(2)15(21)11-7-10(17)4-5-12(11)20(13)9-18-14;1-4-9-14-13-7-5-12(6-8-13)10-11(2)3;1-9(13)10-5-7-11(8-6-10)12(2,3)4;1-5-10-6-8-11(9-7-10)12(2,3)4;1-3-5-11-7-9-13-10-8-12-6-4-2;1-3-5-9-7-8-10-6-4-2;;/h7-10,12-14,17,27H,2-6,11,15-16,18,21H2,1H3;4-12,14,16,21H,13,15H2,1-3H3;4-5,7,9H,3,6,8H2,1-2H3;5-8,11H,4,9-10H2,1-3H3;5-8H,1-4H3;5-9H,1H2,2-4H3;1H,4-10H2,2H3;3-8H2,1-2H3;2*1H4/q;;;;2*+1;;;;. The summed E-state index contributed by atoms with van der Waals surface area (Å²) in [6.45, 7) is 35.3. The van der Waals surface area contributed by atoms with Gasteiger partial charge in [0.1, 0.15) is 53.2 Å². The Morgan fingerprint density at radius 2 is 1.07 bits per heavy atom. The smallest absolute Gasteiger partial charge is 0.358 e. The monoisotopic (exact) mass is 1940 g/mol. The minimum absolute atomic E-state index is 0. The van der Waals surface area contributed by atoms with Crippen molar-refractivity contribution in [3.8, 4) is 41.4 Å². The van der Waals surface area contributed by atoms with Crippen molar-refractivity contribution in [3.63, 3.8) is 0 Å². The van der Waals surface area contributed by atoms with E-state index < -0.39 is 11.8 Å². The first-order valence-corrected chi connectivity index (χ1v) is 49.6. The van der Waals surface area contributed by atoms with Gasteiger partial charge in [-0.15, -0.1) is 12.0 Å². The molecule has 1 unspecified atom stereocenters. The van der Waals surface area contributed by atoms with Crippen LogP contribution in [0, 0.1) is 41.8 Å². The maximum atomic E-state index is 13.5. The Labute approximate surface area is 847 Å². The van der Waals surface area contributed by atoms with Gasteiger partial charge in [-0.1, -0.05) is 231 Å². The number of carbonyl (C=O) groups excluding carboxylic acids is 5. The van der Waals surface area contributed by atoms with E-state index in [0.29, 0.717) is 108 Å². The Balaban J connectivity index is 0.000000425. The molecule has 1 aromatic heterocycles. The average Bonchev–Trinajstić information content (AvgIpc) is 1.68. The minimum Gasteiger partial charge on any atom is -0.494 e. The average molecular weight is 1940 g/mol. The quantitative estimate of drug-likeness (QED) is 0.0124. The van der Waals surface area contributed by atoms with Gasteiger partial charge >= 0.3 is 5.97 Å². The van der Waals surface area contributed by atoms with E-state index in [0.717, 1.165) is 151 Å². The summed E-state index contributed by atoms with van der Waals surface area (Å²) in [5, 5.41) is 3.93. The van der Waals surface area contributed by atoms with E-state index in [1.165, 1.54) is 82.3 Å². The highest BCUT2D eigenvalue weighted by Crippen LogP contribution is 2.32. The van der Waals surface area contributed by atoms with Crippen molar-refractivity contribution >= 4 is 52.4 Å². The van der Waals surface area contributed by atoms with E-state index in [1.807, 2.05) is 127 Å². The number of ether oxygens (including phenoxy) is 8. The number of amides is 1. The third-order valence-corrected chi connectivity index (χ3v) is 21.9. The molecular weight excluding hydrogens is 1770 g/mol. The SMILES string of the molecule is C.C.C#CCOCCOCCOCCC.C=Cc1ccc([N+](C)(C)C)cc1.CC(=O)c1ccc([N+](C)(C)C)cc1.CC(C)Cc1ccc(OCN2C=C(c3ccccc3)N(C)N2)cc1.CCCCCCCC(=O)CCCC(=O)C1Cc2ccccc2C#Cc2ccccc21.CCCOC(=O)c1ncn2c1CN(C)C(=O)c1cc(F)ccc1-2.CCCOCCOCCC.CCCOc1ccc(CC(C)C)cc1. The summed E-state index contributed by atoms with van der Waals surface area (Å²) in [5.74, 6) is 11.3. The van der Waals surface area contributed by atoms with Crippen molar-refractivity contribution < 1.29 is 66.3 Å². The number of benzene rings is 8. The summed E-state index contributed by atoms with van der Waals surface area (Å²) < 4.78 is 59.1. The highest BCUT2D eigenvalue weighted by Gasteiger charge is 2.31. The zero-order valence-corrected chi connectivity index (χ0v) is 87.0. The fraction of sp³-hybridized carbons (Fsp3) is 0.462. The van der Waals surface area contributed by atoms with Gasteiger partial charge in [0.15, 0.2) is 18.2 Å². The van der Waals surface area contributed by atoms with Crippen LogP contribution < -0.4 is 24.0 Å². The maximum absolute atomic E-state index is 13.5. The number of Topliss-reactive ketones (excluding diaryl/α,β-unsaturated/α-hetero) is 3. The Hall–Kier alpha value is -11.7. The second-order valence-corrected chi connectivity index (χ2v) is 36.9.